The predicted octanol–water partition coefficient (Wildman–Crippen LogP) is 3.21. The summed E-state index contributed by atoms with van der Waals surface area (Å²) in [7, 11) is 0. The zero-order valence-electron chi connectivity index (χ0n) is 10.5. The van der Waals surface area contributed by atoms with Crippen LogP contribution in [-0.2, 0) is 13.0 Å². The van der Waals surface area contributed by atoms with Crippen molar-refractivity contribution in [1.82, 2.24) is 9.55 Å². The Hall–Kier alpha value is -1.42. The number of Topliss-reactive ketones (excluding diaryl/α,β-unsaturated/α-hetero) is 1. The standard InChI is InChI=1S/C14H16N2OS/c1-10-15-6-12(18-10)8-16-7-11-4-2-3-5-14(17)13(11)9-16/h6-7,9H,2-5,8H2,1H3. The molecular formula is C14H16N2OS. The molecule has 0 N–H and O–H groups in total. The lowest BCUT2D eigenvalue weighted by Gasteiger charge is -1.99. The van der Waals surface area contributed by atoms with Crippen LogP contribution in [0.1, 0.15) is 45.1 Å². The van der Waals surface area contributed by atoms with Crippen molar-refractivity contribution in [2.24, 2.45) is 0 Å². The van der Waals surface area contributed by atoms with Gasteiger partial charge < -0.3 is 4.57 Å². The zero-order chi connectivity index (χ0) is 12.5. The second-order valence-corrected chi connectivity index (χ2v) is 6.16. The van der Waals surface area contributed by atoms with Crippen LogP contribution in [0.4, 0.5) is 0 Å². The van der Waals surface area contributed by atoms with Crippen molar-refractivity contribution in [3.05, 3.63) is 39.6 Å². The zero-order valence-corrected chi connectivity index (χ0v) is 11.3. The van der Waals surface area contributed by atoms with Gasteiger partial charge in [0.25, 0.3) is 0 Å². The third-order valence-corrected chi connectivity index (χ3v) is 4.27. The molecule has 0 spiro atoms. The third kappa shape index (κ3) is 2.25. The number of hydrogen-bond donors (Lipinski definition) is 0. The summed E-state index contributed by atoms with van der Waals surface area (Å²) in [4.78, 5) is 17.5. The Morgan fingerprint density at radius 2 is 2.17 bits per heavy atom. The Bertz CT molecular complexity index is 582. The van der Waals surface area contributed by atoms with Crippen LogP contribution in [0, 0.1) is 6.92 Å². The van der Waals surface area contributed by atoms with Gasteiger partial charge in [0.1, 0.15) is 0 Å². The van der Waals surface area contributed by atoms with Gasteiger partial charge in [-0.05, 0) is 31.7 Å². The van der Waals surface area contributed by atoms with Crippen LogP contribution in [0.5, 0.6) is 0 Å². The smallest absolute Gasteiger partial charge is 0.164 e. The maximum absolute atomic E-state index is 12.0. The van der Waals surface area contributed by atoms with Crippen LogP contribution < -0.4 is 0 Å². The van der Waals surface area contributed by atoms with E-state index in [0.717, 1.165) is 36.4 Å². The lowest BCUT2D eigenvalue weighted by Crippen LogP contribution is -1.98. The molecule has 0 aromatic carbocycles. The summed E-state index contributed by atoms with van der Waals surface area (Å²) in [6.07, 6.45) is 9.97. The van der Waals surface area contributed by atoms with Gasteiger partial charge in [-0.25, -0.2) is 4.98 Å². The number of aromatic nitrogens is 2. The molecule has 2 aromatic heterocycles. The lowest BCUT2D eigenvalue weighted by molar-refractivity contribution is 0.0982. The van der Waals surface area contributed by atoms with Gasteiger partial charge in [0.05, 0.1) is 11.6 Å². The first-order valence-corrected chi connectivity index (χ1v) is 7.17. The average Bonchev–Trinajstić information content (AvgIpc) is 2.88. The summed E-state index contributed by atoms with van der Waals surface area (Å²) in [5.41, 5.74) is 2.16. The van der Waals surface area contributed by atoms with Crippen LogP contribution in [0.2, 0.25) is 0 Å². The largest absolute Gasteiger partial charge is 0.348 e. The molecule has 0 unspecified atom stereocenters. The minimum absolute atomic E-state index is 0.307. The Labute approximate surface area is 110 Å². The highest BCUT2D eigenvalue weighted by Gasteiger charge is 2.17. The van der Waals surface area contributed by atoms with E-state index in [0.29, 0.717) is 12.2 Å². The molecule has 0 atom stereocenters. The predicted molar refractivity (Wildman–Crippen MR) is 72.3 cm³/mol. The van der Waals surface area contributed by atoms with Crippen LogP contribution >= 0.6 is 11.3 Å². The highest BCUT2D eigenvalue weighted by molar-refractivity contribution is 7.11. The fourth-order valence-corrected chi connectivity index (χ4v) is 3.30. The normalized spacial score (nSPS) is 15.5. The van der Waals surface area contributed by atoms with Crippen molar-refractivity contribution in [1.29, 1.82) is 0 Å². The van der Waals surface area contributed by atoms with Gasteiger partial charge in [0.15, 0.2) is 5.78 Å². The monoisotopic (exact) mass is 260 g/mol. The summed E-state index contributed by atoms with van der Waals surface area (Å²) in [6, 6.07) is 0. The van der Waals surface area contributed by atoms with Crippen molar-refractivity contribution in [2.45, 2.75) is 39.2 Å². The molecule has 1 aliphatic rings. The number of ketones is 1. The SMILES string of the molecule is Cc1ncc(Cn2cc3c(c2)C(=O)CCCC3)s1. The van der Waals surface area contributed by atoms with Gasteiger partial charge in [0, 0.05) is 35.5 Å². The molecule has 94 valence electrons. The van der Waals surface area contributed by atoms with Gasteiger partial charge in [-0.15, -0.1) is 11.3 Å². The molecule has 2 aromatic rings. The maximum Gasteiger partial charge on any atom is 0.164 e. The first-order chi connectivity index (χ1) is 8.72. The highest BCUT2D eigenvalue weighted by atomic mass is 32.1. The second-order valence-electron chi connectivity index (χ2n) is 4.85. The molecule has 2 heterocycles. The summed E-state index contributed by atoms with van der Waals surface area (Å²) in [6.45, 7) is 2.84. The molecule has 4 heteroatoms. The van der Waals surface area contributed by atoms with E-state index in [4.69, 9.17) is 0 Å². The number of nitrogens with zero attached hydrogens (tertiary/aromatic N) is 2. The lowest BCUT2D eigenvalue weighted by atomic mass is 10.1. The van der Waals surface area contributed by atoms with E-state index in [-0.39, 0.29) is 0 Å². The maximum atomic E-state index is 12.0. The van der Waals surface area contributed by atoms with Gasteiger partial charge in [-0.1, -0.05) is 0 Å². The van der Waals surface area contributed by atoms with Crippen molar-refractivity contribution in [3.63, 3.8) is 0 Å². The summed E-state index contributed by atoms with van der Waals surface area (Å²) in [5.74, 6) is 0.307. The van der Waals surface area contributed by atoms with Crippen molar-refractivity contribution >= 4 is 17.1 Å². The number of rotatable bonds is 2. The van der Waals surface area contributed by atoms with E-state index in [1.54, 1.807) is 11.3 Å². The van der Waals surface area contributed by atoms with Gasteiger partial charge >= 0.3 is 0 Å². The van der Waals surface area contributed by atoms with E-state index in [1.807, 2.05) is 19.3 Å². The number of thiazole rings is 1. The van der Waals surface area contributed by atoms with Crippen LogP contribution in [0.3, 0.4) is 0 Å². The molecular weight excluding hydrogens is 244 g/mol. The molecule has 3 rings (SSSR count). The number of hydrogen-bond acceptors (Lipinski definition) is 3. The third-order valence-electron chi connectivity index (χ3n) is 3.37. The Balaban J connectivity index is 1.86. The molecule has 3 nitrogen and oxygen atoms in total. The van der Waals surface area contributed by atoms with E-state index in [9.17, 15) is 4.79 Å². The minimum Gasteiger partial charge on any atom is -0.348 e. The number of carbonyl (C=O) groups excluding carboxylic acids is 1. The van der Waals surface area contributed by atoms with Crippen molar-refractivity contribution in [2.75, 3.05) is 0 Å². The fraction of sp³-hybridized carbons (Fsp3) is 0.429. The van der Waals surface area contributed by atoms with Crippen LogP contribution in [-0.4, -0.2) is 15.3 Å². The number of carbonyl (C=O) groups is 1. The van der Waals surface area contributed by atoms with Gasteiger partial charge in [-0.3, -0.25) is 4.79 Å². The second kappa shape index (κ2) is 4.69. The van der Waals surface area contributed by atoms with Gasteiger partial charge in [-0.2, -0.15) is 0 Å². The summed E-state index contributed by atoms with van der Waals surface area (Å²) < 4.78 is 2.13. The van der Waals surface area contributed by atoms with E-state index in [1.165, 1.54) is 10.4 Å². The Morgan fingerprint density at radius 1 is 1.33 bits per heavy atom. The molecule has 0 saturated heterocycles. The quantitative estimate of drug-likeness (QED) is 0.777. The topological polar surface area (TPSA) is 34.9 Å². The first-order valence-electron chi connectivity index (χ1n) is 6.35. The van der Waals surface area contributed by atoms with E-state index < -0.39 is 0 Å². The fourth-order valence-electron chi connectivity index (χ4n) is 2.49. The molecule has 0 saturated carbocycles. The highest BCUT2D eigenvalue weighted by Crippen LogP contribution is 2.23. The summed E-state index contributed by atoms with van der Waals surface area (Å²) in [5, 5.41) is 1.09. The molecule has 1 aliphatic carbocycles. The molecule has 18 heavy (non-hydrogen) atoms. The first kappa shape index (κ1) is 11.7. The van der Waals surface area contributed by atoms with Crippen LogP contribution in [0.25, 0.3) is 0 Å². The Morgan fingerprint density at radius 3 is 2.94 bits per heavy atom. The van der Waals surface area contributed by atoms with Crippen molar-refractivity contribution < 1.29 is 4.79 Å². The molecule has 0 bridgehead atoms. The van der Waals surface area contributed by atoms with Crippen molar-refractivity contribution in [3.8, 4) is 0 Å². The molecule has 0 radical (unpaired) electrons. The molecule has 0 aliphatic heterocycles. The van der Waals surface area contributed by atoms with Gasteiger partial charge in [0.2, 0.25) is 0 Å². The number of fused-ring (bicyclic) bond motifs is 1. The minimum atomic E-state index is 0.307. The average molecular weight is 260 g/mol. The summed E-state index contributed by atoms with van der Waals surface area (Å²) >= 11 is 1.72. The van der Waals surface area contributed by atoms with E-state index >= 15 is 0 Å². The molecule has 0 amide bonds. The van der Waals surface area contributed by atoms with Crippen LogP contribution in [0.15, 0.2) is 18.6 Å². The molecule has 0 fully saturated rings. The number of aryl methyl sites for hydroxylation is 2. The van der Waals surface area contributed by atoms with E-state index in [2.05, 4.69) is 15.7 Å². The Kier molecular flexibility index (Phi) is 3.04.